The summed E-state index contributed by atoms with van der Waals surface area (Å²) in [7, 11) is 0. The van der Waals surface area contributed by atoms with Crippen molar-refractivity contribution in [1.82, 2.24) is 10.6 Å². The van der Waals surface area contributed by atoms with Crippen LogP contribution in [0.3, 0.4) is 0 Å². The van der Waals surface area contributed by atoms with Crippen molar-refractivity contribution in [2.45, 2.75) is 12.8 Å². The van der Waals surface area contributed by atoms with Crippen LogP contribution in [-0.4, -0.2) is 38.3 Å². The Bertz CT molecular complexity index is 565. The highest BCUT2D eigenvalue weighted by Gasteiger charge is 2.23. The standard InChI is InChI=1S/C15H18N2O5/c18-14-4-1-10(8-17-14)15(19)16-5-6-20-11-2-3-12-13(7-11)22-9-21-12/h2-3,7,10H,1,4-6,8-9H2,(H,16,19)(H,17,18). The molecule has 0 aliphatic carbocycles. The Morgan fingerprint density at radius 2 is 2.23 bits per heavy atom. The molecule has 0 bridgehead atoms. The first-order valence-corrected chi connectivity index (χ1v) is 7.29. The van der Waals surface area contributed by atoms with Crippen LogP contribution in [0.25, 0.3) is 0 Å². The second kappa shape index (κ2) is 6.55. The highest BCUT2D eigenvalue weighted by atomic mass is 16.7. The minimum Gasteiger partial charge on any atom is -0.492 e. The third-order valence-electron chi connectivity index (χ3n) is 3.65. The maximum atomic E-state index is 11.9. The van der Waals surface area contributed by atoms with Crippen molar-refractivity contribution in [1.29, 1.82) is 0 Å². The van der Waals surface area contributed by atoms with Crippen molar-refractivity contribution >= 4 is 11.8 Å². The lowest BCUT2D eigenvalue weighted by molar-refractivity contribution is -0.129. The van der Waals surface area contributed by atoms with E-state index in [1.807, 2.05) is 0 Å². The van der Waals surface area contributed by atoms with Crippen LogP contribution in [0.4, 0.5) is 0 Å². The van der Waals surface area contributed by atoms with E-state index in [2.05, 4.69) is 10.6 Å². The maximum absolute atomic E-state index is 11.9. The Morgan fingerprint density at radius 3 is 3.05 bits per heavy atom. The van der Waals surface area contributed by atoms with Crippen LogP contribution in [-0.2, 0) is 9.59 Å². The van der Waals surface area contributed by atoms with Gasteiger partial charge in [0.05, 0.1) is 12.5 Å². The van der Waals surface area contributed by atoms with Gasteiger partial charge in [-0.25, -0.2) is 0 Å². The number of benzene rings is 1. The smallest absolute Gasteiger partial charge is 0.231 e. The van der Waals surface area contributed by atoms with Crippen molar-refractivity contribution in [3.8, 4) is 17.2 Å². The van der Waals surface area contributed by atoms with Gasteiger partial charge >= 0.3 is 0 Å². The van der Waals surface area contributed by atoms with E-state index in [9.17, 15) is 9.59 Å². The molecule has 7 heteroatoms. The fourth-order valence-electron chi connectivity index (χ4n) is 2.41. The molecule has 2 heterocycles. The highest BCUT2D eigenvalue weighted by Crippen LogP contribution is 2.34. The van der Waals surface area contributed by atoms with Gasteiger partial charge in [0.1, 0.15) is 12.4 Å². The van der Waals surface area contributed by atoms with Crippen molar-refractivity contribution in [3.63, 3.8) is 0 Å². The van der Waals surface area contributed by atoms with Gasteiger partial charge in [-0.1, -0.05) is 0 Å². The summed E-state index contributed by atoms with van der Waals surface area (Å²) in [6.45, 7) is 1.42. The van der Waals surface area contributed by atoms with Gasteiger partial charge in [0.15, 0.2) is 11.5 Å². The van der Waals surface area contributed by atoms with Gasteiger partial charge in [0.25, 0.3) is 0 Å². The van der Waals surface area contributed by atoms with E-state index in [4.69, 9.17) is 14.2 Å². The second-order valence-electron chi connectivity index (χ2n) is 5.19. The zero-order chi connectivity index (χ0) is 15.4. The molecule has 22 heavy (non-hydrogen) atoms. The molecule has 7 nitrogen and oxygen atoms in total. The third-order valence-corrected chi connectivity index (χ3v) is 3.65. The van der Waals surface area contributed by atoms with E-state index in [1.165, 1.54) is 0 Å². The zero-order valence-electron chi connectivity index (χ0n) is 12.1. The fourth-order valence-corrected chi connectivity index (χ4v) is 2.41. The lowest BCUT2D eigenvalue weighted by atomic mass is 9.98. The summed E-state index contributed by atoms with van der Waals surface area (Å²) in [6.07, 6.45) is 1.01. The Labute approximate surface area is 127 Å². The SMILES string of the molecule is O=C1CCC(C(=O)NCCOc2ccc3c(c2)OCO3)CN1. The summed E-state index contributed by atoms with van der Waals surface area (Å²) >= 11 is 0. The summed E-state index contributed by atoms with van der Waals surface area (Å²) in [5.41, 5.74) is 0. The van der Waals surface area contributed by atoms with Crippen molar-refractivity contribution in [2.75, 3.05) is 26.5 Å². The van der Waals surface area contributed by atoms with Crippen LogP contribution >= 0.6 is 0 Å². The van der Waals surface area contributed by atoms with Crippen molar-refractivity contribution in [2.24, 2.45) is 5.92 Å². The normalized spacial score (nSPS) is 19.5. The van der Waals surface area contributed by atoms with Crippen LogP contribution in [0.2, 0.25) is 0 Å². The van der Waals surface area contributed by atoms with E-state index in [-0.39, 0.29) is 24.5 Å². The zero-order valence-corrected chi connectivity index (χ0v) is 12.1. The number of amides is 2. The van der Waals surface area contributed by atoms with Crippen molar-refractivity contribution < 1.29 is 23.8 Å². The molecule has 2 aliphatic heterocycles. The van der Waals surface area contributed by atoms with E-state index in [1.54, 1.807) is 18.2 Å². The number of fused-ring (bicyclic) bond motifs is 1. The Morgan fingerprint density at radius 1 is 1.36 bits per heavy atom. The van der Waals surface area contributed by atoms with E-state index in [0.717, 1.165) is 0 Å². The van der Waals surface area contributed by atoms with E-state index < -0.39 is 0 Å². The minimum atomic E-state index is -0.150. The van der Waals surface area contributed by atoms with Crippen LogP contribution < -0.4 is 24.8 Å². The highest BCUT2D eigenvalue weighted by molar-refractivity contribution is 5.83. The number of piperidine rings is 1. The molecule has 2 aliphatic rings. The average Bonchev–Trinajstić information content (AvgIpc) is 2.99. The first kappa shape index (κ1) is 14.5. The number of carbonyl (C=O) groups excluding carboxylic acids is 2. The average molecular weight is 306 g/mol. The summed E-state index contributed by atoms with van der Waals surface area (Å²) in [6, 6.07) is 5.35. The number of nitrogens with one attached hydrogen (secondary N) is 2. The topological polar surface area (TPSA) is 85.9 Å². The molecule has 1 atom stereocenters. The summed E-state index contributed by atoms with van der Waals surface area (Å²) in [5, 5.41) is 5.51. The molecule has 1 aromatic rings. The molecule has 118 valence electrons. The Hall–Kier alpha value is -2.44. The van der Waals surface area contributed by atoms with Gasteiger partial charge < -0.3 is 24.8 Å². The lowest BCUT2D eigenvalue weighted by Gasteiger charge is -2.21. The minimum absolute atomic E-state index is 0.00944. The molecule has 2 amide bonds. The second-order valence-corrected chi connectivity index (χ2v) is 5.19. The van der Waals surface area contributed by atoms with E-state index >= 15 is 0 Å². The van der Waals surface area contributed by atoms with Gasteiger partial charge in [-0.3, -0.25) is 9.59 Å². The largest absolute Gasteiger partial charge is 0.492 e. The Kier molecular flexibility index (Phi) is 4.32. The van der Waals surface area contributed by atoms with Crippen molar-refractivity contribution in [3.05, 3.63) is 18.2 Å². The summed E-state index contributed by atoms with van der Waals surface area (Å²) in [5.74, 6) is 1.86. The van der Waals surface area contributed by atoms with Gasteiger partial charge in [0, 0.05) is 19.0 Å². The van der Waals surface area contributed by atoms with Gasteiger partial charge in [-0.05, 0) is 18.6 Å². The number of carbonyl (C=O) groups is 2. The number of hydrogen-bond acceptors (Lipinski definition) is 5. The van der Waals surface area contributed by atoms with Gasteiger partial charge in [0.2, 0.25) is 18.6 Å². The van der Waals surface area contributed by atoms with Crippen LogP contribution in [0, 0.1) is 5.92 Å². The molecule has 0 aromatic heterocycles. The molecule has 2 N–H and O–H groups in total. The molecular formula is C15H18N2O5. The first-order valence-electron chi connectivity index (χ1n) is 7.29. The molecule has 0 radical (unpaired) electrons. The Balaban J connectivity index is 1.38. The monoisotopic (exact) mass is 306 g/mol. The molecular weight excluding hydrogens is 288 g/mol. The summed E-state index contributed by atoms with van der Waals surface area (Å²) < 4.78 is 16.1. The molecule has 1 saturated heterocycles. The van der Waals surface area contributed by atoms with Crippen LogP contribution in [0.15, 0.2) is 18.2 Å². The predicted molar refractivity (Wildman–Crippen MR) is 76.8 cm³/mol. The lowest BCUT2D eigenvalue weighted by Crippen LogP contribution is -2.43. The number of ether oxygens (including phenoxy) is 3. The molecule has 3 rings (SSSR count). The molecule has 0 saturated carbocycles. The molecule has 1 unspecified atom stereocenters. The first-order chi connectivity index (χ1) is 10.7. The molecule has 0 spiro atoms. The summed E-state index contributed by atoms with van der Waals surface area (Å²) in [4.78, 5) is 23.0. The molecule has 1 fully saturated rings. The molecule has 1 aromatic carbocycles. The van der Waals surface area contributed by atoms with Gasteiger partial charge in [-0.2, -0.15) is 0 Å². The van der Waals surface area contributed by atoms with Crippen LogP contribution in [0.5, 0.6) is 17.2 Å². The third kappa shape index (κ3) is 3.41. The number of rotatable bonds is 5. The fraction of sp³-hybridized carbons (Fsp3) is 0.467. The quantitative estimate of drug-likeness (QED) is 0.771. The van der Waals surface area contributed by atoms with Gasteiger partial charge in [-0.15, -0.1) is 0 Å². The van der Waals surface area contributed by atoms with E-state index in [0.29, 0.717) is 49.8 Å². The maximum Gasteiger partial charge on any atom is 0.231 e. The van der Waals surface area contributed by atoms with Crippen LogP contribution in [0.1, 0.15) is 12.8 Å². The predicted octanol–water partition coefficient (Wildman–Crippen LogP) is 0.436. The number of hydrogen-bond donors (Lipinski definition) is 2.